The van der Waals surface area contributed by atoms with Gasteiger partial charge in [-0.2, -0.15) is 5.26 Å². The highest BCUT2D eigenvalue weighted by Gasteiger charge is 2.22. The van der Waals surface area contributed by atoms with Gasteiger partial charge in [0.05, 0.1) is 27.7 Å². The molecule has 1 aromatic carbocycles. The Labute approximate surface area is 124 Å². The molecule has 104 valence electrons. The summed E-state index contributed by atoms with van der Waals surface area (Å²) in [6, 6.07) is 12.6. The molecule has 0 aliphatic heterocycles. The number of anilines is 1. The molecule has 7 heteroatoms. The summed E-state index contributed by atoms with van der Waals surface area (Å²) in [4.78, 5) is 8.47. The Kier molecular flexibility index (Phi) is 3.50. The van der Waals surface area contributed by atoms with Crippen molar-refractivity contribution in [1.82, 2.24) is 9.97 Å². The topological polar surface area (TPSA) is 96.1 Å². The van der Waals surface area contributed by atoms with Gasteiger partial charge in [-0.25, -0.2) is 4.98 Å². The Hall–Kier alpha value is -2.53. The minimum absolute atomic E-state index is 0.0525. The second-order valence-electron chi connectivity index (χ2n) is 4.26. The van der Waals surface area contributed by atoms with E-state index in [9.17, 15) is 10.5 Å². The van der Waals surface area contributed by atoms with Gasteiger partial charge in [0.25, 0.3) is 0 Å². The van der Waals surface area contributed by atoms with Crippen molar-refractivity contribution in [3.63, 3.8) is 0 Å². The highest BCUT2D eigenvalue weighted by atomic mass is 32.1. The molecule has 0 radical (unpaired) electrons. The minimum atomic E-state index is -0.804. The lowest BCUT2D eigenvalue weighted by atomic mass is 10.1. The van der Waals surface area contributed by atoms with Gasteiger partial charge in [0.1, 0.15) is 10.9 Å². The smallest absolute Gasteiger partial charge is 0.142 e. The lowest BCUT2D eigenvalue weighted by Gasteiger charge is -2.24. The van der Waals surface area contributed by atoms with E-state index in [1.165, 1.54) is 29.7 Å². The number of nitriles is 1. The third kappa shape index (κ3) is 2.43. The standard InChI is InChI=1S/C14H9N4O2S/c15-8-9(13-11(18(19)20)5-3-7-16-13)14-17-10-4-1-2-6-12(10)21-14/h1-7,9,19H/q-1. The molecular weight excluding hydrogens is 288 g/mol. The molecule has 6 nitrogen and oxygen atoms in total. The molecule has 1 unspecified atom stereocenters. The summed E-state index contributed by atoms with van der Waals surface area (Å²) >= 11 is 1.37. The van der Waals surface area contributed by atoms with E-state index in [0.29, 0.717) is 5.01 Å². The van der Waals surface area contributed by atoms with E-state index >= 15 is 0 Å². The number of rotatable bonds is 3. The second kappa shape index (κ2) is 5.46. The van der Waals surface area contributed by atoms with Gasteiger partial charge in [-0.05, 0) is 24.3 Å². The van der Waals surface area contributed by atoms with Gasteiger partial charge >= 0.3 is 0 Å². The first-order chi connectivity index (χ1) is 10.2. The molecule has 0 bridgehead atoms. The van der Waals surface area contributed by atoms with Crippen LogP contribution in [0.25, 0.3) is 10.2 Å². The lowest BCUT2D eigenvalue weighted by Crippen LogP contribution is -2.13. The molecular formula is C14H9N4O2S-. The average molecular weight is 297 g/mol. The molecule has 0 amide bonds. The monoisotopic (exact) mass is 297 g/mol. The van der Waals surface area contributed by atoms with Gasteiger partial charge in [0.15, 0.2) is 0 Å². The highest BCUT2D eigenvalue weighted by Crippen LogP contribution is 2.34. The van der Waals surface area contributed by atoms with Crippen molar-refractivity contribution in [2.24, 2.45) is 0 Å². The molecule has 0 aliphatic carbocycles. The normalized spacial score (nSPS) is 12.0. The van der Waals surface area contributed by atoms with Crippen LogP contribution in [0.3, 0.4) is 0 Å². The highest BCUT2D eigenvalue weighted by molar-refractivity contribution is 7.18. The maximum absolute atomic E-state index is 11.2. The van der Waals surface area contributed by atoms with Crippen LogP contribution in [-0.4, -0.2) is 15.2 Å². The van der Waals surface area contributed by atoms with Crippen LogP contribution in [0.5, 0.6) is 0 Å². The van der Waals surface area contributed by atoms with Gasteiger partial charge in [-0.3, -0.25) is 10.2 Å². The number of pyridine rings is 1. The zero-order valence-electron chi connectivity index (χ0n) is 10.7. The van der Waals surface area contributed by atoms with Crippen molar-refractivity contribution >= 4 is 27.2 Å². The van der Waals surface area contributed by atoms with Crippen LogP contribution in [-0.2, 0) is 0 Å². The van der Waals surface area contributed by atoms with Crippen molar-refractivity contribution < 1.29 is 5.21 Å². The number of aromatic nitrogens is 2. The maximum Gasteiger partial charge on any atom is 0.142 e. The van der Waals surface area contributed by atoms with Crippen molar-refractivity contribution in [1.29, 1.82) is 5.26 Å². The largest absolute Gasteiger partial charge is 0.733 e. The molecule has 2 heterocycles. The third-order valence-electron chi connectivity index (χ3n) is 2.98. The van der Waals surface area contributed by atoms with E-state index in [1.807, 2.05) is 24.3 Å². The Bertz CT molecular complexity index is 792. The number of hydrogen-bond acceptors (Lipinski definition) is 7. The summed E-state index contributed by atoms with van der Waals surface area (Å²) in [6.07, 6.45) is 1.47. The Morgan fingerprint density at radius 3 is 2.81 bits per heavy atom. The summed E-state index contributed by atoms with van der Waals surface area (Å²) < 4.78 is 0.952. The Morgan fingerprint density at radius 2 is 2.10 bits per heavy atom. The fourth-order valence-corrected chi connectivity index (χ4v) is 3.06. The van der Waals surface area contributed by atoms with Crippen LogP contribution in [0.1, 0.15) is 16.6 Å². The molecule has 21 heavy (non-hydrogen) atoms. The quantitative estimate of drug-likeness (QED) is 0.746. The predicted octanol–water partition coefficient (Wildman–Crippen LogP) is 3.04. The van der Waals surface area contributed by atoms with E-state index in [2.05, 4.69) is 16.0 Å². The maximum atomic E-state index is 11.2. The van der Waals surface area contributed by atoms with Crippen molar-refractivity contribution in [2.45, 2.75) is 5.92 Å². The SMILES string of the molecule is N#CC(c1nc2ccccc2s1)c1ncccc1N([O-])O. The van der Waals surface area contributed by atoms with Crippen LogP contribution >= 0.6 is 11.3 Å². The minimum Gasteiger partial charge on any atom is -0.733 e. The Balaban J connectivity index is 2.13. The average Bonchev–Trinajstić information content (AvgIpc) is 2.92. The van der Waals surface area contributed by atoms with Gasteiger partial charge in [0, 0.05) is 6.20 Å². The van der Waals surface area contributed by atoms with E-state index in [1.54, 1.807) is 0 Å². The number of nitrogens with zero attached hydrogens (tertiary/aromatic N) is 4. The molecule has 0 saturated carbocycles. The van der Waals surface area contributed by atoms with Crippen molar-refractivity contribution in [3.8, 4) is 6.07 Å². The van der Waals surface area contributed by atoms with Gasteiger partial charge < -0.3 is 10.4 Å². The zero-order chi connectivity index (χ0) is 14.8. The number of thiazole rings is 1. The van der Waals surface area contributed by atoms with Crippen molar-refractivity contribution in [3.05, 3.63) is 58.5 Å². The summed E-state index contributed by atoms with van der Waals surface area (Å²) in [5.74, 6) is -0.804. The van der Waals surface area contributed by atoms with Crippen LogP contribution < -0.4 is 5.23 Å². The van der Waals surface area contributed by atoms with Crippen LogP contribution in [0.4, 0.5) is 5.69 Å². The number of fused-ring (bicyclic) bond motifs is 1. The Morgan fingerprint density at radius 1 is 1.29 bits per heavy atom. The van der Waals surface area contributed by atoms with Crippen LogP contribution in [0, 0.1) is 16.5 Å². The molecule has 1 N–H and O–H groups in total. The lowest BCUT2D eigenvalue weighted by molar-refractivity contribution is 0.295. The van der Waals surface area contributed by atoms with Gasteiger partial charge in [-0.15, -0.1) is 11.3 Å². The van der Waals surface area contributed by atoms with E-state index in [4.69, 9.17) is 5.21 Å². The first-order valence-corrected chi connectivity index (χ1v) is 6.88. The molecule has 1 atom stereocenters. The zero-order valence-corrected chi connectivity index (χ0v) is 11.5. The first kappa shape index (κ1) is 13.5. The van der Waals surface area contributed by atoms with Crippen LogP contribution in [0.15, 0.2) is 42.6 Å². The van der Waals surface area contributed by atoms with Gasteiger partial charge in [0.2, 0.25) is 0 Å². The van der Waals surface area contributed by atoms with Gasteiger partial charge in [-0.1, -0.05) is 12.1 Å². The second-order valence-corrected chi connectivity index (χ2v) is 5.32. The summed E-state index contributed by atoms with van der Waals surface area (Å²) in [5.41, 5.74) is 0.929. The summed E-state index contributed by atoms with van der Waals surface area (Å²) in [5, 5.41) is 30.0. The molecule has 0 spiro atoms. The van der Waals surface area contributed by atoms with Crippen molar-refractivity contribution in [2.75, 3.05) is 5.23 Å². The van der Waals surface area contributed by atoms with Crippen LogP contribution in [0.2, 0.25) is 0 Å². The fourth-order valence-electron chi connectivity index (χ4n) is 2.04. The summed E-state index contributed by atoms with van der Waals surface area (Å²) in [6.45, 7) is 0. The molecule has 3 aromatic rings. The molecule has 0 fully saturated rings. The number of hydrogen-bond donors (Lipinski definition) is 1. The number of benzene rings is 1. The molecule has 0 saturated heterocycles. The first-order valence-electron chi connectivity index (χ1n) is 6.07. The van der Waals surface area contributed by atoms with E-state index < -0.39 is 5.92 Å². The summed E-state index contributed by atoms with van der Waals surface area (Å²) in [7, 11) is 0. The van der Waals surface area contributed by atoms with E-state index in [-0.39, 0.29) is 16.6 Å². The number of para-hydroxylation sites is 1. The predicted molar refractivity (Wildman–Crippen MR) is 78.9 cm³/mol. The third-order valence-corrected chi connectivity index (χ3v) is 4.08. The fraction of sp³-hybridized carbons (Fsp3) is 0.0714. The molecule has 2 aromatic heterocycles. The molecule has 0 aliphatic rings. The molecule has 3 rings (SSSR count). The van der Waals surface area contributed by atoms with E-state index in [0.717, 1.165) is 10.2 Å².